The number of carbonyl (C=O) groups excluding carboxylic acids is 1. The van der Waals surface area contributed by atoms with Crippen molar-refractivity contribution in [2.45, 2.75) is 56.7 Å². The first-order valence-corrected chi connectivity index (χ1v) is 13.4. The van der Waals surface area contributed by atoms with Crippen molar-refractivity contribution in [1.82, 2.24) is 9.97 Å². The van der Waals surface area contributed by atoms with Gasteiger partial charge in [0, 0.05) is 31.4 Å². The number of aliphatic imine (C=N–C) groups is 1. The van der Waals surface area contributed by atoms with Gasteiger partial charge in [-0.1, -0.05) is 6.07 Å². The van der Waals surface area contributed by atoms with Gasteiger partial charge in [-0.2, -0.15) is 0 Å². The summed E-state index contributed by atoms with van der Waals surface area (Å²) in [6.07, 6.45) is 4.78. The molecule has 4 rings (SSSR count). The molecule has 1 saturated heterocycles. The normalized spacial score (nSPS) is 26.8. The SMILES string of the molecule is Cc1cnc(C(=O)Cc2ccc(F)c([C@]3(C)CS(=O)(=O)[C@@](C)(CC4CCOCC4)C(N)=N3)c2)cn1. The lowest BCUT2D eigenvalue weighted by atomic mass is 9.87. The van der Waals surface area contributed by atoms with Gasteiger partial charge in [0.1, 0.15) is 27.6 Å². The van der Waals surface area contributed by atoms with Crippen LogP contribution in [-0.4, -0.2) is 53.7 Å². The molecule has 10 heteroatoms. The summed E-state index contributed by atoms with van der Waals surface area (Å²) in [6, 6.07) is 4.24. The first kappa shape index (κ1) is 25.4. The minimum absolute atomic E-state index is 0.00597. The molecule has 8 nitrogen and oxygen atoms in total. The van der Waals surface area contributed by atoms with Crippen molar-refractivity contribution >= 4 is 21.5 Å². The van der Waals surface area contributed by atoms with E-state index in [2.05, 4.69) is 15.0 Å². The molecule has 0 aliphatic carbocycles. The van der Waals surface area contributed by atoms with E-state index in [9.17, 15) is 13.2 Å². The minimum atomic E-state index is -3.78. The zero-order valence-corrected chi connectivity index (χ0v) is 21.1. The highest BCUT2D eigenvalue weighted by Gasteiger charge is 2.52. The summed E-state index contributed by atoms with van der Waals surface area (Å²) in [5.74, 6) is -1.09. The van der Waals surface area contributed by atoms with Crippen LogP contribution < -0.4 is 5.73 Å². The van der Waals surface area contributed by atoms with Crippen LogP contribution in [0.25, 0.3) is 0 Å². The number of sulfone groups is 1. The van der Waals surface area contributed by atoms with Gasteiger partial charge in [-0.25, -0.2) is 17.8 Å². The second kappa shape index (κ2) is 9.39. The van der Waals surface area contributed by atoms with E-state index >= 15 is 4.39 Å². The molecule has 1 aromatic carbocycles. The molecule has 3 heterocycles. The number of aromatic nitrogens is 2. The summed E-state index contributed by atoms with van der Waals surface area (Å²) in [5.41, 5.74) is 6.43. The standard InChI is InChI=1S/C25H31FN4O4S/c1-16-13-29-21(14-28-16)22(31)11-18-4-5-20(26)19(10-18)24(2)15-35(32,33)25(3,23(27)30-24)12-17-6-8-34-9-7-17/h4-5,10,13-14,17H,6-9,11-12,15H2,1-3H3,(H2,27,30)/t24-,25-/m0/s1. The number of benzene rings is 1. The summed E-state index contributed by atoms with van der Waals surface area (Å²) in [6.45, 7) is 6.15. The Morgan fingerprint density at radius 3 is 2.54 bits per heavy atom. The third-order valence-corrected chi connectivity index (χ3v) is 9.82. The average Bonchev–Trinajstić information content (AvgIpc) is 2.80. The quantitative estimate of drug-likeness (QED) is 0.602. The first-order valence-electron chi connectivity index (χ1n) is 11.7. The fourth-order valence-electron chi connectivity index (χ4n) is 4.88. The third-order valence-electron chi connectivity index (χ3n) is 7.13. The Balaban J connectivity index is 1.64. The summed E-state index contributed by atoms with van der Waals surface area (Å²) in [5, 5.41) is 0. The lowest BCUT2D eigenvalue weighted by Gasteiger charge is -2.41. The van der Waals surface area contributed by atoms with Gasteiger partial charge >= 0.3 is 0 Å². The molecule has 2 N–H and O–H groups in total. The molecule has 2 aromatic rings. The van der Waals surface area contributed by atoms with E-state index in [0.29, 0.717) is 30.9 Å². The van der Waals surface area contributed by atoms with Crippen LogP contribution in [0, 0.1) is 18.7 Å². The van der Waals surface area contributed by atoms with Gasteiger partial charge < -0.3 is 10.5 Å². The number of rotatable bonds is 6. The van der Waals surface area contributed by atoms with Crippen LogP contribution in [0.5, 0.6) is 0 Å². The molecule has 2 aliphatic heterocycles. The fraction of sp³-hybridized carbons (Fsp3) is 0.520. The molecule has 1 aromatic heterocycles. The van der Waals surface area contributed by atoms with Crippen molar-refractivity contribution in [3.05, 3.63) is 58.9 Å². The van der Waals surface area contributed by atoms with Crippen LogP contribution in [0.3, 0.4) is 0 Å². The number of nitrogens with two attached hydrogens (primary N) is 1. The topological polar surface area (TPSA) is 125 Å². The molecule has 0 spiro atoms. The zero-order chi connectivity index (χ0) is 25.4. The Hall–Kier alpha value is -2.72. The molecule has 1 fully saturated rings. The highest BCUT2D eigenvalue weighted by molar-refractivity contribution is 7.93. The van der Waals surface area contributed by atoms with Crippen molar-refractivity contribution < 1.29 is 22.3 Å². The van der Waals surface area contributed by atoms with E-state index in [1.165, 1.54) is 30.6 Å². The molecule has 35 heavy (non-hydrogen) atoms. The second-order valence-corrected chi connectivity index (χ2v) is 12.4. The number of hydrogen-bond donors (Lipinski definition) is 1. The predicted molar refractivity (Wildman–Crippen MR) is 131 cm³/mol. The summed E-state index contributed by atoms with van der Waals surface area (Å²) in [7, 11) is -3.78. The van der Waals surface area contributed by atoms with Gasteiger partial charge in [-0.05, 0) is 63.6 Å². The van der Waals surface area contributed by atoms with Crippen molar-refractivity contribution in [2.24, 2.45) is 16.6 Å². The van der Waals surface area contributed by atoms with Crippen molar-refractivity contribution in [3.63, 3.8) is 0 Å². The lowest BCUT2D eigenvalue weighted by molar-refractivity contribution is 0.0625. The van der Waals surface area contributed by atoms with Gasteiger partial charge in [-0.15, -0.1) is 0 Å². The molecular weight excluding hydrogens is 471 g/mol. The van der Waals surface area contributed by atoms with Crippen molar-refractivity contribution in [1.29, 1.82) is 0 Å². The van der Waals surface area contributed by atoms with Gasteiger partial charge in [0.15, 0.2) is 15.6 Å². The van der Waals surface area contributed by atoms with E-state index in [1.807, 2.05) is 0 Å². The van der Waals surface area contributed by atoms with Crippen LogP contribution in [0.2, 0.25) is 0 Å². The van der Waals surface area contributed by atoms with Crippen molar-refractivity contribution in [3.8, 4) is 0 Å². The van der Waals surface area contributed by atoms with Crippen LogP contribution in [-0.2, 0) is 26.5 Å². The Labute approximate surface area is 205 Å². The molecule has 0 saturated carbocycles. The highest BCUT2D eigenvalue weighted by atomic mass is 32.2. The Morgan fingerprint density at radius 2 is 1.91 bits per heavy atom. The molecule has 188 valence electrons. The van der Waals surface area contributed by atoms with Crippen LogP contribution in [0.1, 0.15) is 60.4 Å². The first-order chi connectivity index (χ1) is 16.4. The molecule has 0 amide bonds. The van der Waals surface area contributed by atoms with Gasteiger partial charge in [0.2, 0.25) is 0 Å². The maximum absolute atomic E-state index is 15.0. The molecule has 0 bridgehead atoms. The highest BCUT2D eigenvalue weighted by Crippen LogP contribution is 2.41. The van der Waals surface area contributed by atoms with E-state index in [1.54, 1.807) is 20.8 Å². The zero-order valence-electron chi connectivity index (χ0n) is 20.3. The van der Waals surface area contributed by atoms with Gasteiger partial charge in [0.05, 0.1) is 17.6 Å². The minimum Gasteiger partial charge on any atom is -0.386 e. The number of amidine groups is 1. The maximum atomic E-state index is 15.0. The number of hydrogen-bond acceptors (Lipinski definition) is 8. The monoisotopic (exact) mass is 502 g/mol. The summed E-state index contributed by atoms with van der Waals surface area (Å²) < 4.78 is 46.3. The average molecular weight is 503 g/mol. The molecule has 0 radical (unpaired) electrons. The van der Waals surface area contributed by atoms with E-state index in [4.69, 9.17) is 10.5 Å². The van der Waals surface area contributed by atoms with E-state index in [0.717, 1.165) is 12.8 Å². The fourth-order valence-corrected chi connectivity index (χ4v) is 7.02. The largest absolute Gasteiger partial charge is 0.386 e. The summed E-state index contributed by atoms with van der Waals surface area (Å²) in [4.78, 5) is 25.4. The number of nitrogens with zero attached hydrogens (tertiary/aromatic N) is 3. The number of Topliss-reactive ketones (excluding diaryl/α,β-unsaturated/α-hetero) is 1. The Morgan fingerprint density at radius 1 is 1.20 bits per heavy atom. The lowest BCUT2D eigenvalue weighted by Crippen LogP contribution is -2.57. The van der Waals surface area contributed by atoms with Crippen molar-refractivity contribution in [2.75, 3.05) is 19.0 Å². The molecule has 2 atom stereocenters. The maximum Gasteiger partial charge on any atom is 0.187 e. The number of aryl methyl sites for hydroxylation is 1. The van der Waals surface area contributed by atoms with E-state index < -0.39 is 25.9 Å². The number of carbonyl (C=O) groups is 1. The molecular formula is C25H31FN4O4S. The summed E-state index contributed by atoms with van der Waals surface area (Å²) >= 11 is 0. The van der Waals surface area contributed by atoms with Crippen LogP contribution in [0.4, 0.5) is 4.39 Å². The third kappa shape index (κ3) is 4.99. The van der Waals surface area contributed by atoms with Crippen LogP contribution in [0.15, 0.2) is 35.6 Å². The molecule has 2 aliphatic rings. The Kier molecular flexibility index (Phi) is 6.80. The van der Waals surface area contributed by atoms with Crippen LogP contribution >= 0.6 is 0 Å². The molecule has 0 unspecified atom stereocenters. The number of ketones is 1. The number of halogens is 1. The predicted octanol–water partition coefficient (Wildman–Crippen LogP) is 2.93. The van der Waals surface area contributed by atoms with Gasteiger partial charge in [0.25, 0.3) is 0 Å². The van der Waals surface area contributed by atoms with E-state index in [-0.39, 0.29) is 41.0 Å². The van der Waals surface area contributed by atoms with Gasteiger partial charge in [-0.3, -0.25) is 14.8 Å². The Bertz CT molecular complexity index is 1260. The number of ether oxygens (including phenoxy) is 1. The smallest absolute Gasteiger partial charge is 0.187 e. The second-order valence-electron chi connectivity index (χ2n) is 9.98.